The number of aromatic nitrogens is 3. The fourth-order valence-electron chi connectivity index (χ4n) is 2.50. The van der Waals surface area contributed by atoms with Gasteiger partial charge < -0.3 is 19.3 Å². The van der Waals surface area contributed by atoms with E-state index in [1.165, 1.54) is 0 Å². The van der Waals surface area contributed by atoms with Gasteiger partial charge in [0.25, 0.3) is 5.89 Å². The van der Waals surface area contributed by atoms with Crippen LogP contribution in [0.25, 0.3) is 11.5 Å². The van der Waals surface area contributed by atoms with Crippen LogP contribution in [0.2, 0.25) is 0 Å². The molecule has 3 aromatic rings. The van der Waals surface area contributed by atoms with Gasteiger partial charge in [0.2, 0.25) is 0 Å². The van der Waals surface area contributed by atoms with Crippen LogP contribution in [0.15, 0.2) is 47.2 Å². The molecular formula is C20H25ClN4O3. The second kappa shape index (κ2) is 10.6. The molecule has 2 heterocycles. The number of likely N-dealkylation sites (N-methyl/N-ethyl adjacent to an activating group) is 1. The van der Waals surface area contributed by atoms with Crippen LogP contribution in [0.4, 0.5) is 0 Å². The average molecular weight is 405 g/mol. The smallest absolute Gasteiger partial charge is 0.258 e. The highest BCUT2D eigenvalue weighted by molar-refractivity contribution is 5.85. The molecule has 0 amide bonds. The Balaban J connectivity index is 0.00000280. The van der Waals surface area contributed by atoms with E-state index in [4.69, 9.17) is 14.0 Å². The van der Waals surface area contributed by atoms with Crippen molar-refractivity contribution in [3.05, 3.63) is 54.1 Å². The summed E-state index contributed by atoms with van der Waals surface area (Å²) >= 11 is 0. The summed E-state index contributed by atoms with van der Waals surface area (Å²) < 4.78 is 17.0. The number of pyridine rings is 1. The molecule has 8 heteroatoms. The Morgan fingerprint density at radius 3 is 2.75 bits per heavy atom. The first-order valence-corrected chi connectivity index (χ1v) is 8.98. The van der Waals surface area contributed by atoms with Crippen LogP contribution < -0.4 is 14.8 Å². The number of benzene rings is 1. The van der Waals surface area contributed by atoms with Crippen LogP contribution >= 0.6 is 12.4 Å². The minimum absolute atomic E-state index is 0. The molecular weight excluding hydrogens is 380 g/mol. The molecule has 28 heavy (non-hydrogen) atoms. The lowest BCUT2D eigenvalue weighted by Gasteiger charge is -2.12. The molecule has 0 fully saturated rings. The lowest BCUT2D eigenvalue weighted by atomic mass is 10.2. The molecule has 1 atom stereocenters. The number of nitrogens with one attached hydrogen (secondary N) is 1. The van der Waals surface area contributed by atoms with E-state index in [9.17, 15) is 0 Å². The molecule has 0 radical (unpaired) electrons. The lowest BCUT2D eigenvalue weighted by molar-refractivity contribution is 0.269. The molecule has 0 saturated heterocycles. The molecule has 0 bridgehead atoms. The van der Waals surface area contributed by atoms with Gasteiger partial charge in [0.1, 0.15) is 6.61 Å². The number of rotatable bonds is 9. The van der Waals surface area contributed by atoms with Gasteiger partial charge in [-0.2, -0.15) is 4.98 Å². The average Bonchev–Trinajstić information content (AvgIpc) is 3.16. The number of hydrogen-bond acceptors (Lipinski definition) is 7. The van der Waals surface area contributed by atoms with Crippen LogP contribution in [-0.4, -0.2) is 34.8 Å². The Kier molecular flexibility index (Phi) is 8.22. The number of halogens is 1. The van der Waals surface area contributed by atoms with E-state index in [0.29, 0.717) is 42.8 Å². The maximum Gasteiger partial charge on any atom is 0.258 e. The maximum absolute atomic E-state index is 5.90. The normalized spacial score (nSPS) is 11.5. The Bertz CT molecular complexity index is 858. The topological polar surface area (TPSA) is 82.3 Å². The first kappa shape index (κ1) is 21.7. The van der Waals surface area contributed by atoms with Gasteiger partial charge in [-0.3, -0.25) is 4.98 Å². The Morgan fingerprint density at radius 1 is 1.18 bits per heavy atom. The summed E-state index contributed by atoms with van der Waals surface area (Å²) in [6.45, 7) is 4.94. The van der Waals surface area contributed by atoms with Crippen molar-refractivity contribution in [2.45, 2.75) is 32.9 Å². The molecule has 1 aromatic carbocycles. The van der Waals surface area contributed by atoms with Gasteiger partial charge in [-0.05, 0) is 45.2 Å². The van der Waals surface area contributed by atoms with Crippen molar-refractivity contribution in [2.24, 2.45) is 0 Å². The number of nitrogens with zero attached hydrogens (tertiary/aromatic N) is 3. The molecule has 7 nitrogen and oxygen atoms in total. The summed E-state index contributed by atoms with van der Waals surface area (Å²) in [6, 6.07) is 9.73. The van der Waals surface area contributed by atoms with E-state index >= 15 is 0 Å². The van der Waals surface area contributed by atoms with Gasteiger partial charge in [0.15, 0.2) is 17.3 Å². The SMILES string of the molecule is CCOc1cc(-c2nc(CC(C)NC)no2)ccc1OCc1cccnc1.Cl. The fraction of sp³-hybridized carbons (Fsp3) is 0.350. The van der Waals surface area contributed by atoms with Crippen molar-refractivity contribution in [1.82, 2.24) is 20.4 Å². The molecule has 3 rings (SSSR count). The van der Waals surface area contributed by atoms with Gasteiger partial charge in [0.05, 0.1) is 6.61 Å². The first-order valence-electron chi connectivity index (χ1n) is 8.98. The quantitative estimate of drug-likeness (QED) is 0.582. The molecule has 1 N–H and O–H groups in total. The van der Waals surface area contributed by atoms with E-state index in [0.717, 1.165) is 11.1 Å². The van der Waals surface area contributed by atoms with Crippen molar-refractivity contribution in [1.29, 1.82) is 0 Å². The molecule has 150 valence electrons. The molecule has 0 aliphatic heterocycles. The van der Waals surface area contributed by atoms with E-state index in [2.05, 4.69) is 27.4 Å². The standard InChI is InChI=1S/C20H24N4O3.ClH/c1-4-25-18-11-16(20-23-19(24-27-20)10-14(2)21-3)7-8-17(18)26-13-15-6-5-9-22-12-15;/h5-9,11-12,14,21H,4,10,13H2,1-3H3;1H. The molecule has 0 spiro atoms. The van der Waals surface area contributed by atoms with Crippen molar-refractivity contribution >= 4 is 12.4 Å². The zero-order chi connectivity index (χ0) is 19.1. The zero-order valence-electron chi connectivity index (χ0n) is 16.2. The van der Waals surface area contributed by atoms with Gasteiger partial charge in [-0.1, -0.05) is 11.2 Å². The zero-order valence-corrected chi connectivity index (χ0v) is 17.0. The molecule has 2 aromatic heterocycles. The second-order valence-corrected chi connectivity index (χ2v) is 6.15. The molecule has 0 aliphatic carbocycles. The van der Waals surface area contributed by atoms with Crippen LogP contribution in [0.1, 0.15) is 25.2 Å². The third kappa shape index (κ3) is 5.68. The van der Waals surface area contributed by atoms with Gasteiger partial charge in [-0.15, -0.1) is 12.4 Å². The first-order chi connectivity index (χ1) is 13.2. The monoisotopic (exact) mass is 404 g/mol. The second-order valence-electron chi connectivity index (χ2n) is 6.15. The molecule has 1 unspecified atom stereocenters. The highest BCUT2D eigenvalue weighted by atomic mass is 35.5. The van der Waals surface area contributed by atoms with E-state index < -0.39 is 0 Å². The van der Waals surface area contributed by atoms with Crippen molar-refractivity contribution in [3.63, 3.8) is 0 Å². The van der Waals surface area contributed by atoms with E-state index in [-0.39, 0.29) is 18.4 Å². The van der Waals surface area contributed by atoms with E-state index in [1.54, 1.807) is 12.4 Å². The number of hydrogen-bond donors (Lipinski definition) is 1. The highest BCUT2D eigenvalue weighted by Crippen LogP contribution is 2.33. The Morgan fingerprint density at radius 2 is 2.04 bits per heavy atom. The van der Waals surface area contributed by atoms with Crippen molar-refractivity contribution in [3.8, 4) is 23.0 Å². The lowest BCUT2D eigenvalue weighted by Crippen LogP contribution is -2.24. The Hall–Kier alpha value is -2.64. The van der Waals surface area contributed by atoms with Crippen molar-refractivity contribution < 1.29 is 14.0 Å². The van der Waals surface area contributed by atoms with Crippen molar-refractivity contribution in [2.75, 3.05) is 13.7 Å². The largest absolute Gasteiger partial charge is 0.490 e. The van der Waals surface area contributed by atoms with Gasteiger partial charge in [0, 0.05) is 36.0 Å². The number of ether oxygens (including phenoxy) is 2. The van der Waals surface area contributed by atoms with Crippen LogP contribution in [-0.2, 0) is 13.0 Å². The molecule has 0 aliphatic rings. The van der Waals surface area contributed by atoms with Gasteiger partial charge in [-0.25, -0.2) is 0 Å². The predicted molar refractivity (Wildman–Crippen MR) is 109 cm³/mol. The minimum atomic E-state index is 0. The van der Waals surface area contributed by atoms with Crippen LogP contribution in [0.5, 0.6) is 11.5 Å². The third-order valence-corrected chi connectivity index (χ3v) is 4.06. The van der Waals surface area contributed by atoms with E-state index in [1.807, 2.05) is 44.3 Å². The minimum Gasteiger partial charge on any atom is -0.490 e. The third-order valence-electron chi connectivity index (χ3n) is 4.06. The fourth-order valence-corrected chi connectivity index (χ4v) is 2.50. The summed E-state index contributed by atoms with van der Waals surface area (Å²) in [5.41, 5.74) is 1.78. The van der Waals surface area contributed by atoms with Gasteiger partial charge >= 0.3 is 0 Å². The predicted octanol–water partition coefficient (Wildman–Crippen LogP) is 3.68. The van der Waals surface area contributed by atoms with Crippen LogP contribution in [0.3, 0.4) is 0 Å². The summed E-state index contributed by atoms with van der Waals surface area (Å²) in [5, 5.41) is 7.21. The Labute approximate surface area is 170 Å². The molecule has 0 saturated carbocycles. The summed E-state index contributed by atoms with van der Waals surface area (Å²) in [5.74, 6) is 2.44. The maximum atomic E-state index is 5.90. The summed E-state index contributed by atoms with van der Waals surface area (Å²) in [4.78, 5) is 8.57. The summed E-state index contributed by atoms with van der Waals surface area (Å²) in [6.07, 6.45) is 4.21. The highest BCUT2D eigenvalue weighted by Gasteiger charge is 2.14. The van der Waals surface area contributed by atoms with Crippen LogP contribution in [0, 0.1) is 0 Å². The summed E-state index contributed by atoms with van der Waals surface area (Å²) in [7, 11) is 1.91.